The minimum absolute atomic E-state index is 0.0764. The van der Waals surface area contributed by atoms with Crippen LogP contribution < -0.4 is 0 Å². The van der Waals surface area contributed by atoms with E-state index in [1.165, 1.54) is 17.2 Å². The smallest absolute Gasteiger partial charge is 0.410 e. The Hall–Kier alpha value is -1.69. The molecule has 1 amide bonds. The molecule has 1 N–H and O–H groups in total. The highest BCUT2D eigenvalue weighted by Crippen LogP contribution is 2.32. The molecule has 5 nitrogen and oxygen atoms in total. The summed E-state index contributed by atoms with van der Waals surface area (Å²) in [4.78, 5) is 16.8. The van der Waals surface area contributed by atoms with Gasteiger partial charge in [0.15, 0.2) is 0 Å². The third-order valence-corrected chi connectivity index (χ3v) is 2.80. The second kappa shape index (κ2) is 4.45. The quantitative estimate of drug-likeness (QED) is 0.841. The molecule has 1 aliphatic rings. The molecule has 6 heteroatoms. The molecule has 2 heterocycles. The van der Waals surface area contributed by atoms with Crippen molar-refractivity contribution >= 4 is 6.09 Å². The SMILES string of the molecule is CC(C)(C)OC(=O)N1CC(O)(c2cncc(F)c2)C1. The molecule has 0 saturated carbocycles. The summed E-state index contributed by atoms with van der Waals surface area (Å²) in [6, 6.07) is 1.22. The number of halogens is 1. The minimum Gasteiger partial charge on any atom is -0.444 e. The summed E-state index contributed by atoms with van der Waals surface area (Å²) in [7, 11) is 0. The Kier molecular flexibility index (Phi) is 3.22. The average Bonchev–Trinajstić information content (AvgIpc) is 2.22. The van der Waals surface area contributed by atoms with Gasteiger partial charge in [0.25, 0.3) is 0 Å². The largest absolute Gasteiger partial charge is 0.444 e. The van der Waals surface area contributed by atoms with Gasteiger partial charge in [-0.25, -0.2) is 9.18 Å². The molecule has 0 atom stereocenters. The first kappa shape index (κ1) is 13.7. The van der Waals surface area contributed by atoms with E-state index in [2.05, 4.69) is 4.98 Å². The molecule has 1 aromatic rings. The number of hydrogen-bond donors (Lipinski definition) is 1. The van der Waals surface area contributed by atoms with Gasteiger partial charge in [0.1, 0.15) is 17.0 Å². The molecule has 0 spiro atoms. The third kappa shape index (κ3) is 3.01. The Morgan fingerprint density at radius 1 is 1.47 bits per heavy atom. The predicted molar refractivity (Wildman–Crippen MR) is 65.9 cm³/mol. The van der Waals surface area contributed by atoms with Gasteiger partial charge < -0.3 is 14.7 Å². The highest BCUT2D eigenvalue weighted by atomic mass is 19.1. The number of aromatic nitrogens is 1. The van der Waals surface area contributed by atoms with Crippen LogP contribution in [0.15, 0.2) is 18.5 Å². The van der Waals surface area contributed by atoms with Crippen molar-refractivity contribution in [3.05, 3.63) is 29.8 Å². The summed E-state index contributed by atoms with van der Waals surface area (Å²) in [6.45, 7) is 5.47. The number of nitrogens with zero attached hydrogens (tertiary/aromatic N) is 2. The number of ether oxygens (including phenoxy) is 1. The Labute approximate surface area is 111 Å². The second-order valence-corrected chi connectivity index (χ2v) is 5.76. The van der Waals surface area contributed by atoms with Crippen LogP contribution in [0.1, 0.15) is 26.3 Å². The molecule has 104 valence electrons. The van der Waals surface area contributed by atoms with E-state index >= 15 is 0 Å². The molecule has 0 bridgehead atoms. The van der Waals surface area contributed by atoms with E-state index in [9.17, 15) is 14.3 Å². The van der Waals surface area contributed by atoms with Crippen molar-refractivity contribution in [3.63, 3.8) is 0 Å². The first-order chi connectivity index (χ1) is 8.70. The minimum atomic E-state index is -1.24. The van der Waals surface area contributed by atoms with Crippen LogP contribution in [0.25, 0.3) is 0 Å². The molecule has 0 unspecified atom stereocenters. The molecule has 1 saturated heterocycles. The third-order valence-electron chi connectivity index (χ3n) is 2.80. The zero-order valence-electron chi connectivity index (χ0n) is 11.2. The Bertz CT molecular complexity index is 493. The maximum Gasteiger partial charge on any atom is 0.410 e. The number of pyridine rings is 1. The summed E-state index contributed by atoms with van der Waals surface area (Å²) < 4.78 is 18.2. The Morgan fingerprint density at radius 3 is 2.63 bits per heavy atom. The van der Waals surface area contributed by atoms with Crippen molar-refractivity contribution < 1.29 is 19.0 Å². The fourth-order valence-corrected chi connectivity index (χ4v) is 1.89. The molecule has 1 aliphatic heterocycles. The van der Waals surface area contributed by atoms with E-state index in [1.807, 2.05) is 0 Å². The van der Waals surface area contributed by atoms with E-state index in [1.54, 1.807) is 20.8 Å². The Morgan fingerprint density at radius 2 is 2.11 bits per heavy atom. The molecule has 0 radical (unpaired) electrons. The normalized spacial score (nSPS) is 17.8. The maximum atomic E-state index is 13.1. The van der Waals surface area contributed by atoms with E-state index in [4.69, 9.17) is 4.74 Å². The van der Waals surface area contributed by atoms with Crippen molar-refractivity contribution in [1.29, 1.82) is 0 Å². The summed E-state index contributed by atoms with van der Waals surface area (Å²) in [5.41, 5.74) is -1.45. The lowest BCUT2D eigenvalue weighted by molar-refractivity contribution is -0.104. The van der Waals surface area contributed by atoms with Crippen molar-refractivity contribution in [1.82, 2.24) is 9.88 Å². The van der Waals surface area contributed by atoms with Crippen LogP contribution in [0, 0.1) is 5.82 Å². The second-order valence-electron chi connectivity index (χ2n) is 5.76. The summed E-state index contributed by atoms with van der Waals surface area (Å²) >= 11 is 0. The van der Waals surface area contributed by atoms with Gasteiger partial charge in [0, 0.05) is 11.8 Å². The standard InChI is InChI=1S/C13H17FN2O3/c1-12(2,3)19-11(17)16-7-13(18,8-16)9-4-10(14)6-15-5-9/h4-6,18H,7-8H2,1-3H3. The average molecular weight is 268 g/mol. The highest BCUT2D eigenvalue weighted by molar-refractivity contribution is 5.70. The van der Waals surface area contributed by atoms with Crippen LogP contribution in [0.3, 0.4) is 0 Å². The molecule has 2 rings (SSSR count). The highest BCUT2D eigenvalue weighted by Gasteiger charge is 2.46. The van der Waals surface area contributed by atoms with E-state index < -0.39 is 23.1 Å². The molecule has 0 aliphatic carbocycles. The lowest BCUT2D eigenvalue weighted by atomic mass is 9.87. The number of amides is 1. The predicted octanol–water partition coefficient (Wildman–Crippen LogP) is 1.66. The van der Waals surface area contributed by atoms with Crippen LogP contribution in [-0.4, -0.2) is 39.8 Å². The van der Waals surface area contributed by atoms with Crippen LogP contribution in [0.4, 0.5) is 9.18 Å². The van der Waals surface area contributed by atoms with Crippen molar-refractivity contribution in [2.24, 2.45) is 0 Å². The number of likely N-dealkylation sites (tertiary alicyclic amines) is 1. The zero-order chi connectivity index (χ0) is 14.3. The molecule has 0 aromatic carbocycles. The maximum absolute atomic E-state index is 13.1. The topological polar surface area (TPSA) is 62.7 Å². The van der Waals surface area contributed by atoms with Gasteiger partial charge in [0.2, 0.25) is 0 Å². The lowest BCUT2D eigenvalue weighted by Gasteiger charge is -2.46. The number of rotatable bonds is 1. The van der Waals surface area contributed by atoms with Gasteiger partial charge in [-0.2, -0.15) is 0 Å². The van der Waals surface area contributed by atoms with Crippen molar-refractivity contribution in [2.75, 3.05) is 13.1 Å². The van der Waals surface area contributed by atoms with Crippen LogP contribution in [0.2, 0.25) is 0 Å². The molecular weight excluding hydrogens is 251 g/mol. The van der Waals surface area contributed by atoms with Crippen LogP contribution in [-0.2, 0) is 10.3 Å². The van der Waals surface area contributed by atoms with Crippen molar-refractivity contribution in [3.8, 4) is 0 Å². The number of carbonyl (C=O) groups is 1. The van der Waals surface area contributed by atoms with Crippen LogP contribution in [0.5, 0.6) is 0 Å². The summed E-state index contributed by atoms with van der Waals surface area (Å²) in [5.74, 6) is -0.512. The van der Waals surface area contributed by atoms with Crippen LogP contribution >= 0.6 is 0 Å². The summed E-state index contributed by atoms with van der Waals surface area (Å²) in [6.07, 6.45) is 1.98. The number of hydrogen-bond acceptors (Lipinski definition) is 4. The Balaban J connectivity index is 2.00. The summed E-state index contributed by atoms with van der Waals surface area (Å²) in [5, 5.41) is 10.3. The molecular formula is C13H17FN2O3. The monoisotopic (exact) mass is 268 g/mol. The van der Waals surface area contributed by atoms with E-state index in [0.717, 1.165) is 6.20 Å². The molecule has 1 fully saturated rings. The van der Waals surface area contributed by atoms with Gasteiger partial charge in [-0.05, 0) is 26.8 Å². The first-order valence-electron chi connectivity index (χ1n) is 6.01. The fourth-order valence-electron chi connectivity index (χ4n) is 1.89. The van der Waals surface area contributed by atoms with Gasteiger partial charge in [0.05, 0.1) is 19.3 Å². The number of aliphatic hydroxyl groups is 1. The number of β-amino-alcohol motifs (C(OH)–C–C–N with tert-alkyl or cyclic N) is 1. The van der Waals surface area contributed by atoms with Gasteiger partial charge >= 0.3 is 6.09 Å². The van der Waals surface area contributed by atoms with Gasteiger partial charge in [-0.15, -0.1) is 0 Å². The van der Waals surface area contributed by atoms with Crippen molar-refractivity contribution in [2.45, 2.75) is 32.0 Å². The fraction of sp³-hybridized carbons (Fsp3) is 0.538. The van der Waals surface area contributed by atoms with E-state index in [-0.39, 0.29) is 13.1 Å². The number of carbonyl (C=O) groups excluding carboxylic acids is 1. The zero-order valence-corrected chi connectivity index (χ0v) is 11.2. The van der Waals surface area contributed by atoms with Gasteiger partial charge in [-0.3, -0.25) is 4.98 Å². The van der Waals surface area contributed by atoms with E-state index in [0.29, 0.717) is 5.56 Å². The lowest BCUT2D eigenvalue weighted by Crippen LogP contribution is -2.62. The first-order valence-corrected chi connectivity index (χ1v) is 6.01. The molecule has 1 aromatic heterocycles. The molecule has 19 heavy (non-hydrogen) atoms. The van der Waals surface area contributed by atoms with Gasteiger partial charge in [-0.1, -0.05) is 0 Å².